The van der Waals surface area contributed by atoms with E-state index in [0.29, 0.717) is 12.5 Å². The van der Waals surface area contributed by atoms with Crippen molar-refractivity contribution in [3.63, 3.8) is 0 Å². The summed E-state index contributed by atoms with van der Waals surface area (Å²) in [7, 11) is 0. The molecule has 0 aliphatic heterocycles. The molecule has 0 aromatic heterocycles. The van der Waals surface area contributed by atoms with Crippen LogP contribution in [0.3, 0.4) is 0 Å². The van der Waals surface area contributed by atoms with E-state index in [1.165, 1.54) is 12.8 Å². The number of nitrogens with two attached hydrogens (primary N) is 1. The third-order valence-electron chi connectivity index (χ3n) is 3.03. The van der Waals surface area contributed by atoms with Gasteiger partial charge in [-0.2, -0.15) is 0 Å². The standard InChI is InChI=1S/C14H20N2O2/c15-8-7-12-3-1-2-4-13(12)18-10-14(17)16-9-11-5-6-11/h1-4,11H,5-10,15H2,(H,16,17). The third-order valence-corrected chi connectivity index (χ3v) is 3.03. The second kappa shape index (κ2) is 6.40. The van der Waals surface area contributed by atoms with Crippen molar-refractivity contribution < 1.29 is 9.53 Å². The van der Waals surface area contributed by atoms with Crippen LogP contribution in [0.1, 0.15) is 18.4 Å². The summed E-state index contributed by atoms with van der Waals surface area (Å²) in [6, 6.07) is 7.70. The monoisotopic (exact) mass is 248 g/mol. The van der Waals surface area contributed by atoms with E-state index in [1.807, 2.05) is 24.3 Å². The molecule has 0 bridgehead atoms. The van der Waals surface area contributed by atoms with Crippen molar-refractivity contribution in [2.75, 3.05) is 19.7 Å². The molecule has 1 aliphatic carbocycles. The lowest BCUT2D eigenvalue weighted by atomic mass is 10.1. The maximum absolute atomic E-state index is 11.6. The van der Waals surface area contributed by atoms with Gasteiger partial charge in [0.2, 0.25) is 0 Å². The first-order chi connectivity index (χ1) is 8.79. The molecule has 0 atom stereocenters. The molecule has 0 unspecified atom stereocenters. The number of ether oxygens (including phenoxy) is 1. The number of hydrogen-bond donors (Lipinski definition) is 2. The Morgan fingerprint density at radius 1 is 1.39 bits per heavy atom. The van der Waals surface area contributed by atoms with Gasteiger partial charge >= 0.3 is 0 Å². The summed E-state index contributed by atoms with van der Waals surface area (Å²) in [4.78, 5) is 11.6. The first kappa shape index (κ1) is 12.9. The van der Waals surface area contributed by atoms with Crippen LogP contribution in [0.2, 0.25) is 0 Å². The zero-order valence-electron chi connectivity index (χ0n) is 10.5. The fraction of sp³-hybridized carbons (Fsp3) is 0.500. The molecule has 0 saturated heterocycles. The van der Waals surface area contributed by atoms with Gasteiger partial charge in [0.1, 0.15) is 5.75 Å². The van der Waals surface area contributed by atoms with Crippen LogP contribution in [0, 0.1) is 5.92 Å². The van der Waals surface area contributed by atoms with E-state index in [0.717, 1.165) is 24.3 Å². The minimum atomic E-state index is -0.0514. The van der Waals surface area contributed by atoms with Crippen LogP contribution in [0.15, 0.2) is 24.3 Å². The summed E-state index contributed by atoms with van der Waals surface area (Å²) in [6.45, 7) is 1.44. The summed E-state index contributed by atoms with van der Waals surface area (Å²) in [6.07, 6.45) is 3.24. The van der Waals surface area contributed by atoms with Crippen LogP contribution < -0.4 is 15.8 Å². The van der Waals surface area contributed by atoms with Crippen molar-refractivity contribution in [3.05, 3.63) is 29.8 Å². The predicted molar refractivity (Wildman–Crippen MR) is 70.4 cm³/mol. The van der Waals surface area contributed by atoms with Crippen LogP contribution in [-0.2, 0) is 11.2 Å². The van der Waals surface area contributed by atoms with Crippen molar-refractivity contribution in [2.24, 2.45) is 11.7 Å². The van der Waals surface area contributed by atoms with Gasteiger partial charge in [-0.1, -0.05) is 18.2 Å². The summed E-state index contributed by atoms with van der Waals surface area (Å²) < 4.78 is 5.54. The first-order valence-electron chi connectivity index (χ1n) is 6.47. The Kier molecular flexibility index (Phi) is 4.59. The van der Waals surface area contributed by atoms with Gasteiger partial charge in [0, 0.05) is 6.54 Å². The number of amides is 1. The van der Waals surface area contributed by atoms with Crippen molar-refractivity contribution in [1.82, 2.24) is 5.32 Å². The molecule has 1 fully saturated rings. The van der Waals surface area contributed by atoms with E-state index in [-0.39, 0.29) is 12.5 Å². The van der Waals surface area contributed by atoms with Gasteiger partial charge in [-0.3, -0.25) is 4.79 Å². The van der Waals surface area contributed by atoms with Crippen molar-refractivity contribution in [1.29, 1.82) is 0 Å². The molecule has 1 amide bonds. The Hall–Kier alpha value is -1.55. The molecule has 98 valence electrons. The van der Waals surface area contributed by atoms with Crippen LogP contribution in [0.25, 0.3) is 0 Å². The molecule has 0 heterocycles. The van der Waals surface area contributed by atoms with Crippen molar-refractivity contribution >= 4 is 5.91 Å². The van der Waals surface area contributed by atoms with Crippen LogP contribution in [-0.4, -0.2) is 25.6 Å². The molecule has 18 heavy (non-hydrogen) atoms. The Balaban J connectivity index is 1.78. The minimum absolute atomic E-state index is 0.0514. The Morgan fingerprint density at radius 3 is 2.89 bits per heavy atom. The highest BCUT2D eigenvalue weighted by molar-refractivity contribution is 5.77. The van der Waals surface area contributed by atoms with E-state index in [1.54, 1.807) is 0 Å². The highest BCUT2D eigenvalue weighted by Crippen LogP contribution is 2.27. The summed E-state index contributed by atoms with van der Waals surface area (Å²) in [5, 5.41) is 2.88. The van der Waals surface area contributed by atoms with Gasteiger partial charge in [-0.25, -0.2) is 0 Å². The smallest absolute Gasteiger partial charge is 0.257 e. The predicted octanol–water partition coefficient (Wildman–Crippen LogP) is 1.09. The molecule has 0 spiro atoms. The summed E-state index contributed by atoms with van der Waals surface area (Å²) >= 11 is 0. The van der Waals surface area contributed by atoms with E-state index >= 15 is 0 Å². The van der Waals surface area contributed by atoms with Gasteiger partial charge in [-0.15, -0.1) is 0 Å². The summed E-state index contributed by atoms with van der Waals surface area (Å²) in [5.41, 5.74) is 6.59. The molecule has 1 aromatic carbocycles. The molecular weight excluding hydrogens is 228 g/mol. The molecule has 3 N–H and O–H groups in total. The van der Waals surface area contributed by atoms with Gasteiger partial charge in [0.15, 0.2) is 6.61 Å². The molecule has 2 rings (SSSR count). The van der Waals surface area contributed by atoms with E-state index < -0.39 is 0 Å². The lowest BCUT2D eigenvalue weighted by Gasteiger charge is -2.10. The van der Waals surface area contributed by atoms with Crippen molar-refractivity contribution in [2.45, 2.75) is 19.3 Å². The highest BCUT2D eigenvalue weighted by Gasteiger charge is 2.21. The van der Waals surface area contributed by atoms with E-state index in [9.17, 15) is 4.79 Å². The van der Waals surface area contributed by atoms with Crippen LogP contribution in [0.5, 0.6) is 5.75 Å². The van der Waals surface area contributed by atoms with Gasteiger partial charge in [-0.05, 0) is 43.4 Å². The normalized spacial score (nSPS) is 14.3. The second-order valence-corrected chi connectivity index (χ2v) is 4.68. The maximum atomic E-state index is 11.6. The average molecular weight is 248 g/mol. The third kappa shape index (κ3) is 4.04. The molecule has 1 aliphatic rings. The van der Waals surface area contributed by atoms with Gasteiger partial charge in [0.25, 0.3) is 5.91 Å². The number of para-hydroxylation sites is 1. The summed E-state index contributed by atoms with van der Waals surface area (Å²) in [5.74, 6) is 1.40. The molecule has 4 heteroatoms. The number of rotatable bonds is 7. The molecular formula is C14H20N2O2. The number of benzene rings is 1. The first-order valence-corrected chi connectivity index (χ1v) is 6.47. The molecule has 4 nitrogen and oxygen atoms in total. The van der Waals surface area contributed by atoms with E-state index in [2.05, 4.69) is 5.32 Å². The number of carbonyl (C=O) groups excluding carboxylic acids is 1. The number of carbonyl (C=O) groups is 1. The molecule has 1 aromatic rings. The van der Waals surface area contributed by atoms with Gasteiger partial charge < -0.3 is 15.8 Å². The Morgan fingerprint density at radius 2 is 2.17 bits per heavy atom. The Labute approximate surface area is 108 Å². The fourth-order valence-electron chi connectivity index (χ4n) is 1.78. The van der Waals surface area contributed by atoms with Crippen LogP contribution in [0.4, 0.5) is 0 Å². The SMILES string of the molecule is NCCc1ccccc1OCC(=O)NCC1CC1. The van der Waals surface area contributed by atoms with Crippen LogP contribution >= 0.6 is 0 Å². The fourth-order valence-corrected chi connectivity index (χ4v) is 1.78. The van der Waals surface area contributed by atoms with E-state index in [4.69, 9.17) is 10.5 Å². The zero-order valence-corrected chi connectivity index (χ0v) is 10.5. The highest BCUT2D eigenvalue weighted by atomic mass is 16.5. The number of hydrogen-bond acceptors (Lipinski definition) is 3. The Bertz CT molecular complexity index is 403. The lowest BCUT2D eigenvalue weighted by molar-refractivity contribution is -0.123. The average Bonchev–Trinajstić information content (AvgIpc) is 3.20. The maximum Gasteiger partial charge on any atom is 0.257 e. The lowest BCUT2D eigenvalue weighted by Crippen LogP contribution is -2.30. The van der Waals surface area contributed by atoms with Gasteiger partial charge in [0.05, 0.1) is 0 Å². The largest absolute Gasteiger partial charge is 0.483 e. The topological polar surface area (TPSA) is 64.3 Å². The quantitative estimate of drug-likeness (QED) is 0.759. The second-order valence-electron chi connectivity index (χ2n) is 4.68. The number of nitrogens with one attached hydrogen (secondary N) is 1. The molecule has 0 radical (unpaired) electrons. The zero-order chi connectivity index (χ0) is 12.8. The van der Waals surface area contributed by atoms with Crippen molar-refractivity contribution in [3.8, 4) is 5.75 Å². The minimum Gasteiger partial charge on any atom is -0.483 e. The molecule has 1 saturated carbocycles.